The number of thioether (sulfide) groups is 1. The standard InChI is InChI=1S/C8H17NO2S/c1-6(5-12-3)4-9-7(2)8(10)11/h6-7,9H,4-5H2,1-3H3,(H,10,11). The summed E-state index contributed by atoms with van der Waals surface area (Å²) in [6.45, 7) is 4.54. The number of carbonyl (C=O) groups is 1. The van der Waals surface area contributed by atoms with Gasteiger partial charge in [0.05, 0.1) is 0 Å². The fourth-order valence-corrected chi connectivity index (χ4v) is 1.50. The van der Waals surface area contributed by atoms with Crippen LogP contribution in [0.5, 0.6) is 0 Å². The number of carboxylic acid groups (broad SMARTS) is 1. The molecule has 0 amide bonds. The molecular formula is C8H17NO2S. The maximum atomic E-state index is 10.4. The lowest BCUT2D eigenvalue weighted by Gasteiger charge is -2.13. The van der Waals surface area contributed by atoms with Gasteiger partial charge in [-0.3, -0.25) is 4.79 Å². The molecule has 0 bridgehead atoms. The van der Waals surface area contributed by atoms with Crippen LogP contribution in [0.25, 0.3) is 0 Å². The minimum atomic E-state index is -0.786. The fourth-order valence-electron chi connectivity index (χ4n) is 0.809. The van der Waals surface area contributed by atoms with E-state index in [4.69, 9.17) is 5.11 Å². The van der Waals surface area contributed by atoms with E-state index >= 15 is 0 Å². The van der Waals surface area contributed by atoms with Crippen molar-refractivity contribution in [2.45, 2.75) is 19.9 Å². The van der Waals surface area contributed by atoms with Crippen molar-refractivity contribution in [2.75, 3.05) is 18.6 Å². The number of nitrogens with one attached hydrogen (secondary N) is 1. The Morgan fingerprint density at radius 2 is 2.17 bits per heavy atom. The molecule has 72 valence electrons. The second kappa shape index (κ2) is 6.31. The number of hydrogen-bond acceptors (Lipinski definition) is 3. The zero-order valence-electron chi connectivity index (χ0n) is 7.83. The Balaban J connectivity index is 3.46. The summed E-state index contributed by atoms with van der Waals surface area (Å²) >= 11 is 1.78. The Kier molecular flexibility index (Phi) is 6.20. The molecule has 0 fully saturated rings. The van der Waals surface area contributed by atoms with Gasteiger partial charge in [-0.1, -0.05) is 6.92 Å². The molecule has 0 aliphatic carbocycles. The molecule has 0 heterocycles. The van der Waals surface area contributed by atoms with Gasteiger partial charge in [-0.15, -0.1) is 0 Å². The smallest absolute Gasteiger partial charge is 0.320 e. The summed E-state index contributed by atoms with van der Waals surface area (Å²) in [5, 5.41) is 11.5. The Labute approximate surface area is 77.9 Å². The molecule has 0 aliphatic rings. The number of rotatable bonds is 6. The number of hydrogen-bond donors (Lipinski definition) is 2. The maximum Gasteiger partial charge on any atom is 0.320 e. The lowest BCUT2D eigenvalue weighted by atomic mass is 10.2. The summed E-state index contributed by atoms with van der Waals surface area (Å²) in [6, 6.07) is -0.436. The van der Waals surface area contributed by atoms with E-state index < -0.39 is 12.0 Å². The second-order valence-electron chi connectivity index (χ2n) is 3.03. The normalized spacial score (nSPS) is 15.6. The molecule has 2 unspecified atom stereocenters. The third-order valence-corrected chi connectivity index (χ3v) is 2.50. The molecule has 0 aliphatic heterocycles. The van der Waals surface area contributed by atoms with Crippen molar-refractivity contribution in [3.05, 3.63) is 0 Å². The minimum Gasteiger partial charge on any atom is -0.480 e. The van der Waals surface area contributed by atoms with Gasteiger partial charge < -0.3 is 10.4 Å². The highest BCUT2D eigenvalue weighted by Crippen LogP contribution is 2.02. The van der Waals surface area contributed by atoms with Crippen molar-refractivity contribution in [1.29, 1.82) is 0 Å². The van der Waals surface area contributed by atoms with Crippen LogP contribution in [0.1, 0.15) is 13.8 Å². The van der Waals surface area contributed by atoms with Crippen LogP contribution in [-0.4, -0.2) is 35.7 Å². The van der Waals surface area contributed by atoms with Gasteiger partial charge in [-0.25, -0.2) is 0 Å². The number of carboxylic acids is 1. The van der Waals surface area contributed by atoms with E-state index in [0.29, 0.717) is 5.92 Å². The van der Waals surface area contributed by atoms with Crippen molar-refractivity contribution in [1.82, 2.24) is 5.32 Å². The maximum absolute atomic E-state index is 10.4. The average Bonchev–Trinajstić information content (AvgIpc) is 2.00. The van der Waals surface area contributed by atoms with E-state index in [1.807, 2.05) is 0 Å². The molecular weight excluding hydrogens is 174 g/mol. The molecule has 3 nitrogen and oxygen atoms in total. The monoisotopic (exact) mass is 191 g/mol. The molecule has 0 aromatic carbocycles. The third kappa shape index (κ3) is 5.43. The predicted molar refractivity (Wildman–Crippen MR) is 52.6 cm³/mol. The van der Waals surface area contributed by atoms with E-state index in [1.54, 1.807) is 18.7 Å². The topological polar surface area (TPSA) is 49.3 Å². The molecule has 0 spiro atoms. The first-order chi connectivity index (χ1) is 5.57. The largest absolute Gasteiger partial charge is 0.480 e. The van der Waals surface area contributed by atoms with E-state index in [2.05, 4.69) is 18.5 Å². The predicted octanol–water partition coefficient (Wildman–Crippen LogP) is 1.05. The first kappa shape index (κ1) is 11.8. The summed E-state index contributed by atoms with van der Waals surface area (Å²) in [5.41, 5.74) is 0. The first-order valence-corrected chi connectivity index (χ1v) is 5.42. The lowest BCUT2D eigenvalue weighted by Crippen LogP contribution is -2.36. The molecule has 4 heteroatoms. The summed E-state index contributed by atoms with van der Waals surface area (Å²) in [4.78, 5) is 10.4. The quantitative estimate of drug-likeness (QED) is 0.659. The van der Waals surface area contributed by atoms with Crippen LogP contribution in [0.4, 0.5) is 0 Å². The summed E-state index contributed by atoms with van der Waals surface area (Å²) < 4.78 is 0. The van der Waals surface area contributed by atoms with Crippen LogP contribution in [0, 0.1) is 5.92 Å². The molecule has 0 rings (SSSR count). The van der Waals surface area contributed by atoms with Gasteiger partial charge in [0.25, 0.3) is 0 Å². The van der Waals surface area contributed by atoms with Gasteiger partial charge >= 0.3 is 5.97 Å². The van der Waals surface area contributed by atoms with Crippen molar-refractivity contribution >= 4 is 17.7 Å². The number of aliphatic carboxylic acids is 1. The van der Waals surface area contributed by atoms with E-state index in [-0.39, 0.29) is 0 Å². The molecule has 2 atom stereocenters. The van der Waals surface area contributed by atoms with Crippen LogP contribution < -0.4 is 5.32 Å². The van der Waals surface area contributed by atoms with Gasteiger partial charge in [0.15, 0.2) is 0 Å². The third-order valence-electron chi connectivity index (χ3n) is 1.59. The zero-order chi connectivity index (χ0) is 9.56. The van der Waals surface area contributed by atoms with E-state index in [1.165, 1.54) is 0 Å². The molecule has 0 saturated carbocycles. The van der Waals surface area contributed by atoms with Crippen molar-refractivity contribution in [3.63, 3.8) is 0 Å². The van der Waals surface area contributed by atoms with Gasteiger partial charge in [-0.05, 0) is 31.4 Å². The first-order valence-electron chi connectivity index (χ1n) is 4.03. The van der Waals surface area contributed by atoms with Crippen LogP contribution in [0.2, 0.25) is 0 Å². The van der Waals surface area contributed by atoms with E-state index in [0.717, 1.165) is 12.3 Å². The van der Waals surface area contributed by atoms with Gasteiger partial charge in [0.1, 0.15) is 6.04 Å². The van der Waals surface area contributed by atoms with Crippen LogP contribution >= 0.6 is 11.8 Å². The molecule has 2 N–H and O–H groups in total. The molecule has 0 radical (unpaired) electrons. The molecule has 12 heavy (non-hydrogen) atoms. The minimum absolute atomic E-state index is 0.436. The average molecular weight is 191 g/mol. The van der Waals surface area contributed by atoms with E-state index in [9.17, 15) is 4.79 Å². The lowest BCUT2D eigenvalue weighted by molar-refractivity contribution is -0.139. The molecule has 0 aromatic heterocycles. The van der Waals surface area contributed by atoms with Crippen LogP contribution in [-0.2, 0) is 4.79 Å². The van der Waals surface area contributed by atoms with Gasteiger partial charge in [-0.2, -0.15) is 11.8 Å². The Morgan fingerprint density at radius 3 is 2.58 bits per heavy atom. The second-order valence-corrected chi connectivity index (χ2v) is 3.94. The highest BCUT2D eigenvalue weighted by Gasteiger charge is 2.10. The summed E-state index contributed by atoms with van der Waals surface area (Å²) in [5.74, 6) is 0.812. The highest BCUT2D eigenvalue weighted by atomic mass is 32.2. The van der Waals surface area contributed by atoms with Gasteiger partial charge in [0.2, 0.25) is 0 Å². The Morgan fingerprint density at radius 1 is 1.58 bits per heavy atom. The van der Waals surface area contributed by atoms with Crippen LogP contribution in [0.15, 0.2) is 0 Å². The Bertz CT molecular complexity index is 141. The van der Waals surface area contributed by atoms with Gasteiger partial charge in [0, 0.05) is 0 Å². The molecule has 0 saturated heterocycles. The summed E-state index contributed by atoms with van der Waals surface area (Å²) in [6.07, 6.45) is 2.05. The van der Waals surface area contributed by atoms with Crippen molar-refractivity contribution in [3.8, 4) is 0 Å². The zero-order valence-corrected chi connectivity index (χ0v) is 8.65. The summed E-state index contributed by atoms with van der Waals surface area (Å²) in [7, 11) is 0. The fraction of sp³-hybridized carbons (Fsp3) is 0.875. The highest BCUT2D eigenvalue weighted by molar-refractivity contribution is 7.98. The molecule has 0 aromatic rings. The van der Waals surface area contributed by atoms with Crippen molar-refractivity contribution < 1.29 is 9.90 Å². The van der Waals surface area contributed by atoms with Crippen LogP contribution in [0.3, 0.4) is 0 Å². The van der Waals surface area contributed by atoms with Crippen molar-refractivity contribution in [2.24, 2.45) is 5.92 Å². The SMILES string of the molecule is CSCC(C)CNC(C)C(=O)O. The Hall–Kier alpha value is -0.220.